The Bertz CT molecular complexity index is 659. The molecule has 6 atom stereocenters. The smallest absolute Gasteiger partial charge is 0.303 e. The van der Waals surface area contributed by atoms with Crippen LogP contribution >= 0.6 is 0 Å². The predicted octanol–water partition coefficient (Wildman–Crippen LogP) is 0.311. The van der Waals surface area contributed by atoms with E-state index in [1.165, 1.54) is 13.8 Å². The summed E-state index contributed by atoms with van der Waals surface area (Å²) < 4.78 is 32.1. The Labute approximate surface area is 174 Å². The van der Waals surface area contributed by atoms with E-state index in [9.17, 15) is 24.0 Å². The maximum atomic E-state index is 11.7. The highest BCUT2D eigenvalue weighted by Gasteiger charge is 2.52. The molecule has 170 valence electrons. The molecule has 0 unspecified atom stereocenters. The summed E-state index contributed by atoms with van der Waals surface area (Å²) in [6, 6.07) is 0. The highest BCUT2D eigenvalue weighted by molar-refractivity contribution is 5.77. The van der Waals surface area contributed by atoms with E-state index in [2.05, 4.69) is 0 Å². The fourth-order valence-corrected chi connectivity index (χ4v) is 2.68. The first-order valence-corrected chi connectivity index (χ1v) is 9.34. The van der Waals surface area contributed by atoms with Crippen molar-refractivity contribution in [3.63, 3.8) is 0 Å². The van der Waals surface area contributed by atoms with E-state index in [4.69, 9.17) is 28.4 Å². The van der Waals surface area contributed by atoms with E-state index in [1.54, 1.807) is 6.92 Å². The molecule has 30 heavy (non-hydrogen) atoms. The topological polar surface area (TPSA) is 141 Å². The lowest BCUT2D eigenvalue weighted by molar-refractivity contribution is -0.309. The Morgan fingerprint density at radius 3 is 1.73 bits per heavy atom. The summed E-state index contributed by atoms with van der Waals surface area (Å²) in [6.45, 7) is 7.16. The van der Waals surface area contributed by atoms with E-state index >= 15 is 0 Å². The summed E-state index contributed by atoms with van der Waals surface area (Å²) in [4.78, 5) is 57.7. The zero-order chi connectivity index (χ0) is 23.0. The third-order valence-corrected chi connectivity index (χ3v) is 4.15. The Hall–Kier alpha value is -2.53. The molecule has 0 aliphatic carbocycles. The molecule has 1 saturated heterocycles. The van der Waals surface area contributed by atoms with Gasteiger partial charge >= 0.3 is 23.9 Å². The van der Waals surface area contributed by atoms with E-state index < -0.39 is 60.5 Å². The zero-order valence-corrected chi connectivity index (χ0v) is 17.9. The minimum Gasteiger partial charge on any atom is -0.463 e. The van der Waals surface area contributed by atoms with Gasteiger partial charge in [0.1, 0.15) is 18.5 Å². The van der Waals surface area contributed by atoms with Crippen molar-refractivity contribution in [2.45, 2.75) is 72.2 Å². The molecule has 0 bridgehead atoms. The average molecular weight is 432 g/mol. The number of Topliss-reactive ketones (excluding diaryl/α,β-unsaturated/α-hetero) is 1. The molecule has 0 saturated carbocycles. The molecular formula is C19H28O11. The Morgan fingerprint density at radius 2 is 1.27 bits per heavy atom. The van der Waals surface area contributed by atoms with Crippen molar-refractivity contribution >= 4 is 29.7 Å². The van der Waals surface area contributed by atoms with Crippen LogP contribution in [0.1, 0.15) is 41.5 Å². The monoisotopic (exact) mass is 432 g/mol. The molecule has 11 nitrogen and oxygen atoms in total. The van der Waals surface area contributed by atoms with Gasteiger partial charge < -0.3 is 28.4 Å². The van der Waals surface area contributed by atoms with Crippen LogP contribution in [0.25, 0.3) is 0 Å². The average Bonchev–Trinajstić information content (AvgIpc) is 2.60. The molecule has 0 amide bonds. The number of ether oxygens (including phenoxy) is 6. The van der Waals surface area contributed by atoms with Crippen LogP contribution in [0, 0.1) is 5.92 Å². The van der Waals surface area contributed by atoms with E-state index in [1.807, 2.05) is 0 Å². The van der Waals surface area contributed by atoms with Gasteiger partial charge in [-0.3, -0.25) is 24.0 Å². The molecule has 1 aliphatic rings. The third kappa shape index (κ3) is 8.07. The molecule has 0 aromatic carbocycles. The first kappa shape index (κ1) is 25.5. The van der Waals surface area contributed by atoms with E-state index in [0.29, 0.717) is 0 Å². The molecule has 0 N–H and O–H groups in total. The largest absolute Gasteiger partial charge is 0.463 e. The van der Waals surface area contributed by atoms with Crippen molar-refractivity contribution in [1.29, 1.82) is 0 Å². The highest BCUT2D eigenvalue weighted by Crippen LogP contribution is 2.30. The molecule has 1 fully saturated rings. The maximum absolute atomic E-state index is 11.7. The maximum Gasteiger partial charge on any atom is 0.303 e. The van der Waals surface area contributed by atoms with Gasteiger partial charge in [0.2, 0.25) is 0 Å². The first-order chi connectivity index (χ1) is 13.9. The van der Waals surface area contributed by atoms with Gasteiger partial charge in [-0.15, -0.1) is 0 Å². The van der Waals surface area contributed by atoms with Crippen LogP contribution in [-0.2, 0) is 52.4 Å². The lowest BCUT2D eigenvalue weighted by Gasteiger charge is -2.44. The molecule has 11 heteroatoms. The van der Waals surface area contributed by atoms with Gasteiger partial charge in [0, 0.05) is 33.6 Å². The number of carbonyl (C=O) groups is 5. The van der Waals surface area contributed by atoms with Gasteiger partial charge in [0.25, 0.3) is 0 Å². The van der Waals surface area contributed by atoms with Crippen LogP contribution in [0.15, 0.2) is 0 Å². The van der Waals surface area contributed by atoms with Gasteiger partial charge in [0.15, 0.2) is 24.6 Å². The summed E-state index contributed by atoms with van der Waals surface area (Å²) in [5.41, 5.74) is 0. The third-order valence-electron chi connectivity index (χ3n) is 4.15. The second-order valence-electron chi connectivity index (χ2n) is 6.91. The van der Waals surface area contributed by atoms with Gasteiger partial charge in [-0.25, -0.2) is 0 Å². The molecule has 0 aromatic rings. The molecule has 1 rings (SSSR count). The van der Waals surface area contributed by atoms with Gasteiger partial charge in [-0.2, -0.15) is 0 Å². The molecular weight excluding hydrogens is 404 g/mol. The van der Waals surface area contributed by atoms with Crippen LogP contribution < -0.4 is 0 Å². The SMILES string of the molecule is CC(=O)OC[C@H]1O[C@@H](OC[C@H](C)C(C)=O)[C@H](OC(C)=O)[C@@H](OC(C)=O)[C@@H]1OC(C)=O. The number of hydrogen-bond acceptors (Lipinski definition) is 11. The van der Waals surface area contributed by atoms with Crippen LogP contribution in [-0.4, -0.2) is 73.6 Å². The molecule has 1 heterocycles. The number of esters is 4. The molecule has 1 aliphatic heterocycles. The van der Waals surface area contributed by atoms with Gasteiger partial charge in [-0.1, -0.05) is 6.92 Å². The summed E-state index contributed by atoms with van der Waals surface area (Å²) in [7, 11) is 0. The van der Waals surface area contributed by atoms with Crippen molar-refractivity contribution in [3.8, 4) is 0 Å². The minimum atomic E-state index is -1.30. The fourth-order valence-electron chi connectivity index (χ4n) is 2.68. The highest BCUT2D eigenvalue weighted by atomic mass is 16.7. The van der Waals surface area contributed by atoms with Crippen LogP contribution in [0.3, 0.4) is 0 Å². The Morgan fingerprint density at radius 1 is 0.767 bits per heavy atom. The standard InChI is InChI=1S/C19H28O11/c1-9(10(2)20)7-26-19-18(29-14(6)24)17(28-13(5)23)16(27-12(4)22)15(30-19)8-25-11(3)21/h9,15-19H,7-8H2,1-6H3/t9-,15+,16+,17-,18+,19+/m0/s1. The second-order valence-corrected chi connectivity index (χ2v) is 6.91. The zero-order valence-electron chi connectivity index (χ0n) is 17.9. The first-order valence-electron chi connectivity index (χ1n) is 9.34. The Kier molecular flexibility index (Phi) is 9.86. The van der Waals surface area contributed by atoms with Crippen LogP contribution in [0.2, 0.25) is 0 Å². The molecule has 0 spiro atoms. The van der Waals surface area contributed by atoms with Crippen molar-refractivity contribution < 1.29 is 52.4 Å². The number of hydrogen-bond donors (Lipinski definition) is 0. The Balaban J connectivity index is 3.27. The minimum absolute atomic E-state index is 0.0803. The van der Waals surface area contributed by atoms with Crippen LogP contribution in [0.5, 0.6) is 0 Å². The summed E-state index contributed by atoms with van der Waals surface area (Å²) in [5.74, 6) is -3.43. The number of ketones is 1. The lowest BCUT2D eigenvalue weighted by atomic mass is 9.98. The summed E-state index contributed by atoms with van der Waals surface area (Å²) in [6.07, 6.45) is -6.23. The summed E-state index contributed by atoms with van der Waals surface area (Å²) in [5, 5.41) is 0. The van der Waals surface area contributed by atoms with Crippen molar-refractivity contribution in [2.24, 2.45) is 5.92 Å². The van der Waals surface area contributed by atoms with Crippen LogP contribution in [0.4, 0.5) is 0 Å². The fraction of sp³-hybridized carbons (Fsp3) is 0.737. The van der Waals surface area contributed by atoms with Crippen molar-refractivity contribution in [1.82, 2.24) is 0 Å². The van der Waals surface area contributed by atoms with E-state index in [0.717, 1.165) is 20.8 Å². The van der Waals surface area contributed by atoms with E-state index in [-0.39, 0.29) is 19.0 Å². The van der Waals surface area contributed by atoms with Crippen molar-refractivity contribution in [3.05, 3.63) is 0 Å². The van der Waals surface area contributed by atoms with Gasteiger partial charge in [0.05, 0.1) is 6.61 Å². The second kappa shape index (κ2) is 11.6. The van der Waals surface area contributed by atoms with Crippen molar-refractivity contribution in [2.75, 3.05) is 13.2 Å². The quantitative estimate of drug-likeness (QED) is 0.367. The normalized spacial score (nSPS) is 26.8. The molecule has 0 radical (unpaired) electrons. The number of rotatable bonds is 9. The summed E-state index contributed by atoms with van der Waals surface area (Å²) >= 11 is 0. The predicted molar refractivity (Wildman–Crippen MR) is 97.8 cm³/mol. The molecule has 0 aromatic heterocycles. The lowest BCUT2D eigenvalue weighted by Crippen LogP contribution is -2.63. The number of carbonyl (C=O) groups excluding carboxylic acids is 5. The van der Waals surface area contributed by atoms with Gasteiger partial charge in [-0.05, 0) is 6.92 Å².